The van der Waals surface area contributed by atoms with E-state index < -0.39 is 0 Å². The fourth-order valence-corrected chi connectivity index (χ4v) is 3.37. The normalized spacial score (nSPS) is 16.7. The Hall–Kier alpha value is -2.53. The van der Waals surface area contributed by atoms with Gasteiger partial charge in [-0.15, -0.1) is 0 Å². The highest BCUT2D eigenvalue weighted by Gasteiger charge is 2.29. The Morgan fingerprint density at radius 1 is 0.808 bits per heavy atom. The molecular formula is C21H15BrF2N2. The van der Waals surface area contributed by atoms with Crippen LogP contribution in [0.5, 0.6) is 0 Å². The average Bonchev–Trinajstić information content (AvgIpc) is 3.09. The summed E-state index contributed by atoms with van der Waals surface area (Å²) in [5.74, 6) is -0.534. The van der Waals surface area contributed by atoms with Crippen molar-refractivity contribution in [3.8, 4) is 0 Å². The highest BCUT2D eigenvalue weighted by atomic mass is 79.9. The second-order valence-corrected chi connectivity index (χ2v) is 7.06. The molecule has 0 bridgehead atoms. The molecule has 0 aliphatic carbocycles. The molecule has 5 heteroatoms. The number of rotatable bonds is 3. The Morgan fingerprint density at radius 2 is 1.38 bits per heavy atom. The molecule has 0 spiro atoms. The van der Waals surface area contributed by atoms with Crippen LogP contribution in [0.2, 0.25) is 0 Å². The zero-order valence-corrected chi connectivity index (χ0v) is 15.3. The van der Waals surface area contributed by atoms with Crippen molar-refractivity contribution in [3.63, 3.8) is 0 Å². The highest BCUT2D eigenvalue weighted by Crippen LogP contribution is 2.37. The van der Waals surface area contributed by atoms with E-state index in [9.17, 15) is 8.78 Å². The number of hydrogen-bond donors (Lipinski definition) is 0. The molecule has 4 rings (SSSR count). The van der Waals surface area contributed by atoms with Crippen LogP contribution in [0, 0.1) is 11.6 Å². The standard InChI is InChI=1S/C21H15BrF2N2/c22-16-5-11-19(12-6-16)26-21(15-3-9-18(24)10-4-15)13-20(25-26)14-1-7-17(23)8-2-14/h1-12,21H,13H2. The molecule has 3 aromatic rings. The summed E-state index contributed by atoms with van der Waals surface area (Å²) in [7, 11) is 0. The minimum atomic E-state index is -0.271. The number of halogens is 3. The van der Waals surface area contributed by atoms with Gasteiger partial charge in [-0.25, -0.2) is 8.78 Å². The zero-order chi connectivity index (χ0) is 18.1. The van der Waals surface area contributed by atoms with Crippen molar-refractivity contribution in [1.29, 1.82) is 0 Å². The van der Waals surface area contributed by atoms with E-state index in [1.165, 1.54) is 24.3 Å². The van der Waals surface area contributed by atoms with Crippen LogP contribution in [-0.4, -0.2) is 5.71 Å². The molecule has 3 aromatic carbocycles. The molecule has 1 aliphatic heterocycles. The highest BCUT2D eigenvalue weighted by molar-refractivity contribution is 9.10. The topological polar surface area (TPSA) is 15.6 Å². The third-order valence-corrected chi connectivity index (χ3v) is 4.96. The van der Waals surface area contributed by atoms with Gasteiger partial charge in [0, 0.05) is 10.9 Å². The summed E-state index contributed by atoms with van der Waals surface area (Å²) >= 11 is 3.45. The second-order valence-electron chi connectivity index (χ2n) is 6.15. The van der Waals surface area contributed by atoms with Crippen LogP contribution in [0.25, 0.3) is 0 Å². The number of benzene rings is 3. The summed E-state index contributed by atoms with van der Waals surface area (Å²) in [5.41, 5.74) is 3.69. The van der Waals surface area contributed by atoms with Crippen LogP contribution in [0.4, 0.5) is 14.5 Å². The first kappa shape index (κ1) is 16.9. The van der Waals surface area contributed by atoms with E-state index in [0.717, 1.165) is 27.0 Å². The van der Waals surface area contributed by atoms with Crippen LogP contribution in [0.3, 0.4) is 0 Å². The Morgan fingerprint density at radius 3 is 2.00 bits per heavy atom. The Kier molecular flexibility index (Phi) is 4.55. The molecular weight excluding hydrogens is 398 g/mol. The van der Waals surface area contributed by atoms with Gasteiger partial charge in [-0.3, -0.25) is 5.01 Å². The van der Waals surface area contributed by atoms with Crippen molar-refractivity contribution in [3.05, 3.63) is 100 Å². The lowest BCUT2D eigenvalue weighted by Crippen LogP contribution is -2.18. The van der Waals surface area contributed by atoms with Gasteiger partial charge in [-0.2, -0.15) is 5.10 Å². The van der Waals surface area contributed by atoms with Crippen molar-refractivity contribution in [2.45, 2.75) is 12.5 Å². The third-order valence-electron chi connectivity index (χ3n) is 4.43. The molecule has 0 saturated carbocycles. The van der Waals surface area contributed by atoms with Gasteiger partial charge in [-0.05, 0) is 59.7 Å². The average molecular weight is 413 g/mol. The fraction of sp³-hybridized carbons (Fsp3) is 0.0952. The van der Waals surface area contributed by atoms with Gasteiger partial charge in [0.1, 0.15) is 11.6 Å². The van der Waals surface area contributed by atoms with Crippen LogP contribution in [-0.2, 0) is 0 Å². The second kappa shape index (κ2) is 7.00. The molecule has 1 unspecified atom stereocenters. The molecule has 1 aliphatic rings. The first-order valence-corrected chi connectivity index (χ1v) is 9.03. The molecule has 130 valence electrons. The van der Waals surface area contributed by atoms with Crippen molar-refractivity contribution < 1.29 is 8.78 Å². The van der Waals surface area contributed by atoms with E-state index in [0.29, 0.717) is 6.42 Å². The maximum absolute atomic E-state index is 13.3. The van der Waals surface area contributed by atoms with Gasteiger partial charge in [-0.1, -0.05) is 40.2 Å². The minimum Gasteiger partial charge on any atom is -0.257 e. The van der Waals surface area contributed by atoms with E-state index >= 15 is 0 Å². The van der Waals surface area contributed by atoms with Gasteiger partial charge in [0.05, 0.1) is 17.4 Å². The van der Waals surface area contributed by atoms with Gasteiger partial charge in [0.15, 0.2) is 0 Å². The molecule has 0 aromatic heterocycles. The summed E-state index contributed by atoms with van der Waals surface area (Å²) in [6.45, 7) is 0. The van der Waals surface area contributed by atoms with E-state index in [2.05, 4.69) is 15.9 Å². The molecule has 0 saturated heterocycles. The molecule has 0 fully saturated rings. The number of hydrogen-bond acceptors (Lipinski definition) is 2. The largest absolute Gasteiger partial charge is 0.257 e. The SMILES string of the molecule is Fc1ccc(C2=NN(c3ccc(Br)cc3)C(c3ccc(F)cc3)C2)cc1. The maximum Gasteiger partial charge on any atom is 0.123 e. The van der Waals surface area contributed by atoms with Crippen LogP contribution < -0.4 is 5.01 Å². The van der Waals surface area contributed by atoms with Gasteiger partial charge in [0.2, 0.25) is 0 Å². The molecule has 2 nitrogen and oxygen atoms in total. The van der Waals surface area contributed by atoms with Crippen molar-refractivity contribution in [1.82, 2.24) is 0 Å². The van der Waals surface area contributed by atoms with Crippen LogP contribution in [0.1, 0.15) is 23.6 Å². The number of nitrogens with zero attached hydrogens (tertiary/aromatic N) is 2. The lowest BCUT2D eigenvalue weighted by atomic mass is 9.98. The third kappa shape index (κ3) is 3.40. The van der Waals surface area contributed by atoms with Crippen LogP contribution >= 0.6 is 15.9 Å². The Balaban J connectivity index is 1.74. The van der Waals surface area contributed by atoms with Crippen molar-refractivity contribution in [2.24, 2.45) is 5.10 Å². The Labute approximate surface area is 158 Å². The quantitative estimate of drug-likeness (QED) is 0.508. The summed E-state index contributed by atoms with van der Waals surface area (Å²) in [6.07, 6.45) is 0.660. The van der Waals surface area contributed by atoms with E-state index in [1.54, 1.807) is 24.3 Å². The first-order chi connectivity index (χ1) is 12.6. The molecule has 0 radical (unpaired) electrons. The van der Waals surface area contributed by atoms with Gasteiger partial charge < -0.3 is 0 Å². The maximum atomic E-state index is 13.3. The monoisotopic (exact) mass is 412 g/mol. The first-order valence-electron chi connectivity index (χ1n) is 8.24. The van der Waals surface area contributed by atoms with Gasteiger partial charge >= 0.3 is 0 Å². The summed E-state index contributed by atoms with van der Waals surface area (Å²) < 4.78 is 27.6. The van der Waals surface area contributed by atoms with E-state index in [-0.39, 0.29) is 17.7 Å². The number of anilines is 1. The lowest BCUT2D eigenvalue weighted by Gasteiger charge is -2.24. The summed E-state index contributed by atoms with van der Waals surface area (Å²) in [5, 5.41) is 6.73. The molecule has 0 N–H and O–H groups in total. The number of hydrazone groups is 1. The Bertz CT molecular complexity index is 935. The van der Waals surface area contributed by atoms with Gasteiger partial charge in [0.25, 0.3) is 0 Å². The lowest BCUT2D eigenvalue weighted by molar-refractivity contribution is 0.624. The molecule has 26 heavy (non-hydrogen) atoms. The predicted octanol–water partition coefficient (Wildman–Crippen LogP) is 6.08. The van der Waals surface area contributed by atoms with Crippen LogP contribution in [0.15, 0.2) is 82.4 Å². The molecule has 1 heterocycles. The predicted molar refractivity (Wildman–Crippen MR) is 103 cm³/mol. The fourth-order valence-electron chi connectivity index (χ4n) is 3.10. The van der Waals surface area contributed by atoms with E-state index in [4.69, 9.17) is 5.10 Å². The van der Waals surface area contributed by atoms with Crippen molar-refractivity contribution in [2.75, 3.05) is 5.01 Å². The smallest absolute Gasteiger partial charge is 0.123 e. The summed E-state index contributed by atoms with van der Waals surface area (Å²) in [6, 6.07) is 20.7. The zero-order valence-electron chi connectivity index (χ0n) is 13.7. The van der Waals surface area contributed by atoms with E-state index in [1.807, 2.05) is 29.3 Å². The molecule has 0 amide bonds. The minimum absolute atomic E-state index is 0.0446. The molecule has 1 atom stereocenters. The summed E-state index contributed by atoms with van der Waals surface area (Å²) in [4.78, 5) is 0. The van der Waals surface area contributed by atoms with Crippen molar-refractivity contribution >= 4 is 27.3 Å².